The molecule has 2 aliphatic heterocycles. The molecule has 2 saturated heterocycles. The van der Waals surface area contributed by atoms with E-state index >= 15 is 0 Å². The highest BCUT2D eigenvalue weighted by Crippen LogP contribution is 2.16. The zero-order valence-electron chi connectivity index (χ0n) is 8.63. The fourth-order valence-corrected chi connectivity index (χ4v) is 2.36. The molecule has 3 nitrogen and oxygen atoms in total. The zero-order chi connectivity index (χ0) is 9.10. The van der Waals surface area contributed by atoms with E-state index in [9.17, 15) is 0 Å². The fourth-order valence-electron chi connectivity index (χ4n) is 2.36. The molecule has 2 heterocycles. The van der Waals surface area contributed by atoms with Crippen LogP contribution < -0.4 is 5.43 Å². The molecule has 0 aromatic carbocycles. The van der Waals surface area contributed by atoms with Gasteiger partial charge in [0.1, 0.15) is 0 Å². The van der Waals surface area contributed by atoms with Gasteiger partial charge in [0.15, 0.2) is 0 Å². The Morgan fingerprint density at radius 1 is 1.23 bits per heavy atom. The first-order chi connectivity index (χ1) is 6.36. The van der Waals surface area contributed by atoms with E-state index in [1.54, 1.807) is 0 Å². The number of hydrogen-bond acceptors (Lipinski definition) is 3. The molecule has 0 spiro atoms. The van der Waals surface area contributed by atoms with Gasteiger partial charge in [-0.2, -0.15) is 0 Å². The van der Waals surface area contributed by atoms with Gasteiger partial charge in [-0.3, -0.25) is 5.43 Å². The van der Waals surface area contributed by atoms with Crippen molar-refractivity contribution in [3.8, 4) is 0 Å². The Morgan fingerprint density at radius 2 is 2.15 bits per heavy atom. The topological polar surface area (TPSA) is 18.5 Å². The van der Waals surface area contributed by atoms with Gasteiger partial charge in [-0.25, -0.2) is 5.01 Å². The highest BCUT2D eigenvalue weighted by atomic mass is 15.5. The summed E-state index contributed by atoms with van der Waals surface area (Å²) in [4.78, 5) is 2.50. The minimum Gasteiger partial charge on any atom is -0.302 e. The van der Waals surface area contributed by atoms with Gasteiger partial charge in [0.2, 0.25) is 0 Å². The first-order valence-electron chi connectivity index (χ1n) is 5.55. The quantitative estimate of drug-likeness (QED) is 0.679. The van der Waals surface area contributed by atoms with Crippen LogP contribution in [0.1, 0.15) is 25.7 Å². The van der Waals surface area contributed by atoms with Crippen LogP contribution in [0.15, 0.2) is 0 Å². The molecule has 1 N–H and O–H groups in total. The molecule has 13 heavy (non-hydrogen) atoms. The van der Waals surface area contributed by atoms with Crippen molar-refractivity contribution in [2.24, 2.45) is 0 Å². The summed E-state index contributed by atoms with van der Waals surface area (Å²) in [5.74, 6) is 0. The molecule has 2 rings (SSSR count). The minimum absolute atomic E-state index is 0.797. The molecule has 76 valence electrons. The summed E-state index contributed by atoms with van der Waals surface area (Å²) in [5.41, 5.74) is 3.47. The monoisotopic (exact) mass is 183 g/mol. The number of hydrazine groups is 1. The van der Waals surface area contributed by atoms with Crippen LogP contribution in [-0.2, 0) is 0 Å². The second-order valence-corrected chi connectivity index (χ2v) is 4.34. The maximum absolute atomic E-state index is 3.47. The molecular formula is C10H21N3. The number of likely N-dealkylation sites (tertiary alicyclic amines) is 1. The number of rotatable bonds is 2. The molecule has 3 heteroatoms. The molecule has 0 radical (unpaired) electrons. The first kappa shape index (κ1) is 9.44. The highest BCUT2D eigenvalue weighted by Gasteiger charge is 2.23. The summed E-state index contributed by atoms with van der Waals surface area (Å²) in [6, 6.07) is 0.797. The van der Waals surface area contributed by atoms with Crippen LogP contribution in [0.2, 0.25) is 0 Å². The summed E-state index contributed by atoms with van der Waals surface area (Å²) in [6.45, 7) is 4.93. The summed E-state index contributed by atoms with van der Waals surface area (Å²) in [5, 5.41) is 2.41. The lowest BCUT2D eigenvalue weighted by molar-refractivity contribution is 0.114. The third-order valence-corrected chi connectivity index (χ3v) is 3.29. The van der Waals surface area contributed by atoms with Crippen molar-refractivity contribution < 1.29 is 0 Å². The van der Waals surface area contributed by atoms with Crippen LogP contribution in [0.3, 0.4) is 0 Å². The van der Waals surface area contributed by atoms with Crippen molar-refractivity contribution in [3.63, 3.8) is 0 Å². The Hall–Kier alpha value is -0.120. The molecule has 0 aliphatic carbocycles. The molecule has 0 aromatic rings. The van der Waals surface area contributed by atoms with Gasteiger partial charge < -0.3 is 4.90 Å². The lowest BCUT2D eigenvalue weighted by Gasteiger charge is -2.32. The fraction of sp³-hybridized carbons (Fsp3) is 1.00. The van der Waals surface area contributed by atoms with Gasteiger partial charge in [0.05, 0.1) is 0 Å². The van der Waals surface area contributed by atoms with Gasteiger partial charge in [0.25, 0.3) is 0 Å². The Labute approximate surface area is 81.1 Å². The average Bonchev–Trinajstić information content (AvgIpc) is 2.54. The van der Waals surface area contributed by atoms with Crippen molar-refractivity contribution in [1.82, 2.24) is 15.3 Å². The van der Waals surface area contributed by atoms with E-state index in [0.29, 0.717) is 0 Å². The highest BCUT2D eigenvalue weighted by molar-refractivity contribution is 4.79. The summed E-state index contributed by atoms with van der Waals surface area (Å²) < 4.78 is 0. The number of hydrogen-bond donors (Lipinski definition) is 1. The second-order valence-electron chi connectivity index (χ2n) is 4.34. The Balaban J connectivity index is 1.75. The molecule has 2 fully saturated rings. The van der Waals surface area contributed by atoms with E-state index in [4.69, 9.17) is 0 Å². The lowest BCUT2D eigenvalue weighted by atomic mass is 10.2. The zero-order valence-corrected chi connectivity index (χ0v) is 8.63. The summed E-state index contributed by atoms with van der Waals surface area (Å²) in [7, 11) is 2.25. The molecule has 1 unspecified atom stereocenters. The number of likely N-dealkylation sites (N-methyl/N-ethyl adjacent to an activating group) is 1. The van der Waals surface area contributed by atoms with Crippen LogP contribution in [0.5, 0.6) is 0 Å². The number of nitrogens with zero attached hydrogens (tertiary/aromatic N) is 2. The van der Waals surface area contributed by atoms with Crippen LogP contribution in [0, 0.1) is 0 Å². The van der Waals surface area contributed by atoms with Crippen molar-refractivity contribution in [2.75, 3.05) is 33.2 Å². The van der Waals surface area contributed by atoms with Crippen molar-refractivity contribution >= 4 is 0 Å². The van der Waals surface area contributed by atoms with Crippen LogP contribution in [-0.4, -0.2) is 49.2 Å². The van der Waals surface area contributed by atoms with Gasteiger partial charge in [-0.05, 0) is 39.3 Å². The van der Waals surface area contributed by atoms with Crippen molar-refractivity contribution in [2.45, 2.75) is 31.7 Å². The smallest absolute Gasteiger partial charge is 0.0287 e. The largest absolute Gasteiger partial charge is 0.302 e. The Kier molecular flexibility index (Phi) is 3.19. The Morgan fingerprint density at radius 3 is 2.77 bits per heavy atom. The maximum Gasteiger partial charge on any atom is 0.0287 e. The van der Waals surface area contributed by atoms with Gasteiger partial charge >= 0.3 is 0 Å². The molecule has 0 aromatic heterocycles. The molecular weight excluding hydrogens is 162 g/mol. The van der Waals surface area contributed by atoms with Crippen molar-refractivity contribution in [3.05, 3.63) is 0 Å². The van der Waals surface area contributed by atoms with Crippen molar-refractivity contribution in [1.29, 1.82) is 0 Å². The van der Waals surface area contributed by atoms with Crippen LogP contribution in [0.4, 0.5) is 0 Å². The van der Waals surface area contributed by atoms with E-state index in [0.717, 1.165) is 6.04 Å². The van der Waals surface area contributed by atoms with Gasteiger partial charge in [0, 0.05) is 25.7 Å². The van der Waals surface area contributed by atoms with Gasteiger partial charge in [-0.15, -0.1) is 0 Å². The van der Waals surface area contributed by atoms with E-state index < -0.39 is 0 Å². The van der Waals surface area contributed by atoms with Crippen LogP contribution in [0.25, 0.3) is 0 Å². The standard InChI is InChI=1S/C10H21N3/c1-12-7-4-5-10(12)9-13-8-3-2-6-11-13/h10-11H,2-9H2,1H3. The number of nitrogens with one attached hydrogen (secondary N) is 1. The predicted molar refractivity (Wildman–Crippen MR) is 54.5 cm³/mol. The second kappa shape index (κ2) is 4.40. The predicted octanol–water partition coefficient (Wildman–Crippen LogP) is 0.681. The molecule has 0 bridgehead atoms. The summed E-state index contributed by atoms with van der Waals surface area (Å²) >= 11 is 0. The first-order valence-corrected chi connectivity index (χ1v) is 5.55. The lowest BCUT2D eigenvalue weighted by Crippen LogP contribution is -2.48. The summed E-state index contributed by atoms with van der Waals surface area (Å²) in [6.07, 6.45) is 5.48. The van der Waals surface area contributed by atoms with E-state index in [1.807, 2.05) is 0 Å². The van der Waals surface area contributed by atoms with E-state index in [2.05, 4.69) is 22.4 Å². The minimum atomic E-state index is 0.797. The molecule has 2 aliphatic rings. The molecule has 1 atom stereocenters. The van der Waals surface area contributed by atoms with E-state index in [1.165, 1.54) is 51.9 Å². The normalized spacial score (nSPS) is 32.5. The van der Waals surface area contributed by atoms with Gasteiger partial charge in [-0.1, -0.05) is 0 Å². The maximum atomic E-state index is 3.47. The van der Waals surface area contributed by atoms with Crippen LogP contribution >= 0.6 is 0 Å². The Bertz CT molecular complexity index is 154. The third-order valence-electron chi connectivity index (χ3n) is 3.29. The third kappa shape index (κ3) is 2.42. The molecule has 0 amide bonds. The SMILES string of the molecule is CN1CCCC1CN1CCCCN1. The van der Waals surface area contributed by atoms with E-state index in [-0.39, 0.29) is 0 Å². The molecule has 0 saturated carbocycles. The average molecular weight is 183 g/mol.